The molecule has 24 heavy (non-hydrogen) atoms. The summed E-state index contributed by atoms with van der Waals surface area (Å²) in [6.45, 7) is 5.18. The molecule has 132 valence electrons. The van der Waals surface area contributed by atoms with E-state index in [1.807, 2.05) is 0 Å². The van der Waals surface area contributed by atoms with E-state index in [1.54, 1.807) is 29.2 Å². The quantitative estimate of drug-likeness (QED) is 0.754. The van der Waals surface area contributed by atoms with Crippen molar-refractivity contribution in [3.63, 3.8) is 0 Å². The number of nitrogens with zero attached hydrogens (tertiary/aromatic N) is 1. The van der Waals surface area contributed by atoms with E-state index in [0.29, 0.717) is 44.1 Å². The minimum absolute atomic E-state index is 0.0260. The zero-order valence-corrected chi connectivity index (χ0v) is 14.3. The van der Waals surface area contributed by atoms with Gasteiger partial charge in [0, 0.05) is 30.9 Å². The number of rotatable bonds is 7. The maximum atomic E-state index is 12.5. The van der Waals surface area contributed by atoms with Crippen LogP contribution in [0.15, 0.2) is 24.3 Å². The second kappa shape index (κ2) is 9.93. The highest BCUT2D eigenvalue weighted by atomic mass is 16.5. The van der Waals surface area contributed by atoms with Gasteiger partial charge in [0.1, 0.15) is 0 Å². The van der Waals surface area contributed by atoms with Gasteiger partial charge in [-0.2, -0.15) is 0 Å². The third-order valence-electron chi connectivity index (χ3n) is 3.98. The standard InChI is InChI=1S/C18H27N3O3/c1-2-3-4-5-9-19-18(23)20-16-8-6-7-15(14-16)17(22)21-10-12-24-13-11-21/h6-8,14H,2-5,9-13H2,1H3,(H2,19,20,23). The molecular weight excluding hydrogens is 306 g/mol. The van der Waals surface area contributed by atoms with E-state index >= 15 is 0 Å². The summed E-state index contributed by atoms with van der Waals surface area (Å²) in [6, 6.07) is 6.82. The van der Waals surface area contributed by atoms with Crippen LogP contribution in [0, 0.1) is 0 Å². The first-order valence-corrected chi connectivity index (χ1v) is 8.72. The molecule has 1 heterocycles. The van der Waals surface area contributed by atoms with Gasteiger partial charge >= 0.3 is 6.03 Å². The fraction of sp³-hybridized carbons (Fsp3) is 0.556. The molecular formula is C18H27N3O3. The van der Waals surface area contributed by atoms with E-state index in [1.165, 1.54) is 12.8 Å². The monoisotopic (exact) mass is 333 g/mol. The Balaban J connectivity index is 1.83. The van der Waals surface area contributed by atoms with E-state index < -0.39 is 0 Å². The molecule has 0 aliphatic carbocycles. The Morgan fingerprint density at radius 3 is 2.71 bits per heavy atom. The van der Waals surface area contributed by atoms with Gasteiger partial charge in [-0.05, 0) is 24.6 Å². The van der Waals surface area contributed by atoms with Crippen molar-refractivity contribution in [2.75, 3.05) is 38.2 Å². The second-order valence-electron chi connectivity index (χ2n) is 5.93. The number of hydrogen-bond acceptors (Lipinski definition) is 3. The van der Waals surface area contributed by atoms with Crippen LogP contribution in [0.3, 0.4) is 0 Å². The molecule has 0 bridgehead atoms. The molecule has 0 atom stereocenters. The fourth-order valence-corrected chi connectivity index (χ4v) is 2.61. The summed E-state index contributed by atoms with van der Waals surface area (Å²) in [4.78, 5) is 26.1. The van der Waals surface area contributed by atoms with E-state index in [4.69, 9.17) is 4.74 Å². The van der Waals surface area contributed by atoms with Gasteiger partial charge in [0.25, 0.3) is 5.91 Å². The molecule has 1 aromatic carbocycles. The van der Waals surface area contributed by atoms with Gasteiger partial charge in [0.2, 0.25) is 0 Å². The number of morpholine rings is 1. The van der Waals surface area contributed by atoms with Crippen LogP contribution < -0.4 is 10.6 Å². The predicted octanol–water partition coefficient (Wildman–Crippen LogP) is 2.86. The van der Waals surface area contributed by atoms with E-state index in [-0.39, 0.29) is 11.9 Å². The summed E-state index contributed by atoms with van der Waals surface area (Å²) < 4.78 is 5.26. The Kier molecular flexibility index (Phi) is 7.55. The Hall–Kier alpha value is -2.08. The first kappa shape index (κ1) is 18.3. The molecule has 1 aromatic rings. The molecule has 3 amide bonds. The summed E-state index contributed by atoms with van der Waals surface area (Å²) in [6.07, 6.45) is 4.47. The zero-order valence-electron chi connectivity index (χ0n) is 14.3. The topological polar surface area (TPSA) is 70.7 Å². The Morgan fingerprint density at radius 1 is 1.17 bits per heavy atom. The molecule has 6 heteroatoms. The van der Waals surface area contributed by atoms with Crippen molar-refractivity contribution >= 4 is 17.6 Å². The van der Waals surface area contributed by atoms with Gasteiger partial charge in [-0.25, -0.2) is 4.79 Å². The fourth-order valence-electron chi connectivity index (χ4n) is 2.61. The lowest BCUT2D eigenvalue weighted by molar-refractivity contribution is 0.0303. The molecule has 0 aromatic heterocycles. The summed E-state index contributed by atoms with van der Waals surface area (Å²) in [5.74, 6) is -0.0260. The molecule has 0 saturated carbocycles. The highest BCUT2D eigenvalue weighted by molar-refractivity contribution is 5.97. The van der Waals surface area contributed by atoms with Crippen molar-refractivity contribution in [3.8, 4) is 0 Å². The van der Waals surface area contributed by atoms with E-state index in [9.17, 15) is 9.59 Å². The molecule has 1 aliphatic heterocycles. The number of hydrogen-bond donors (Lipinski definition) is 2. The van der Waals surface area contributed by atoms with Crippen LogP contribution in [0.4, 0.5) is 10.5 Å². The van der Waals surface area contributed by atoms with Crippen LogP contribution in [0.1, 0.15) is 43.0 Å². The summed E-state index contributed by atoms with van der Waals surface area (Å²) >= 11 is 0. The normalized spacial score (nSPS) is 14.3. The Bertz CT molecular complexity index is 542. The molecule has 6 nitrogen and oxygen atoms in total. The predicted molar refractivity (Wildman–Crippen MR) is 94.3 cm³/mol. The van der Waals surface area contributed by atoms with Crippen molar-refractivity contribution in [1.29, 1.82) is 0 Å². The van der Waals surface area contributed by atoms with Crippen LogP contribution >= 0.6 is 0 Å². The number of anilines is 1. The van der Waals surface area contributed by atoms with Crippen molar-refractivity contribution in [1.82, 2.24) is 10.2 Å². The molecule has 1 fully saturated rings. The summed E-state index contributed by atoms with van der Waals surface area (Å²) in [7, 11) is 0. The summed E-state index contributed by atoms with van der Waals surface area (Å²) in [5.41, 5.74) is 1.21. The molecule has 0 spiro atoms. The summed E-state index contributed by atoms with van der Waals surface area (Å²) in [5, 5.41) is 5.63. The number of amides is 3. The number of nitrogens with one attached hydrogen (secondary N) is 2. The van der Waals surface area contributed by atoms with Gasteiger partial charge in [0.15, 0.2) is 0 Å². The average Bonchev–Trinajstić information content (AvgIpc) is 2.62. The smallest absolute Gasteiger partial charge is 0.319 e. The molecule has 1 aliphatic rings. The van der Waals surface area contributed by atoms with Gasteiger partial charge in [0.05, 0.1) is 13.2 Å². The number of benzene rings is 1. The van der Waals surface area contributed by atoms with Gasteiger partial charge in [-0.15, -0.1) is 0 Å². The lowest BCUT2D eigenvalue weighted by Crippen LogP contribution is -2.40. The number of ether oxygens (including phenoxy) is 1. The average molecular weight is 333 g/mol. The van der Waals surface area contributed by atoms with Crippen LogP contribution in [-0.2, 0) is 4.74 Å². The molecule has 0 radical (unpaired) electrons. The molecule has 2 rings (SSSR count). The third-order valence-corrected chi connectivity index (χ3v) is 3.98. The maximum absolute atomic E-state index is 12.5. The number of carbonyl (C=O) groups is 2. The van der Waals surface area contributed by atoms with Crippen LogP contribution in [0.25, 0.3) is 0 Å². The van der Waals surface area contributed by atoms with Gasteiger partial charge in [-0.1, -0.05) is 32.3 Å². The van der Waals surface area contributed by atoms with Crippen molar-refractivity contribution in [2.24, 2.45) is 0 Å². The van der Waals surface area contributed by atoms with Gasteiger partial charge < -0.3 is 20.3 Å². The van der Waals surface area contributed by atoms with Crippen molar-refractivity contribution in [3.05, 3.63) is 29.8 Å². The largest absolute Gasteiger partial charge is 0.378 e. The minimum atomic E-state index is -0.234. The first-order valence-electron chi connectivity index (χ1n) is 8.72. The van der Waals surface area contributed by atoms with Crippen LogP contribution in [0.5, 0.6) is 0 Å². The van der Waals surface area contributed by atoms with Crippen molar-refractivity contribution in [2.45, 2.75) is 32.6 Å². The van der Waals surface area contributed by atoms with Gasteiger partial charge in [-0.3, -0.25) is 4.79 Å². The Labute approximate surface area is 143 Å². The highest BCUT2D eigenvalue weighted by Crippen LogP contribution is 2.13. The van der Waals surface area contributed by atoms with Crippen LogP contribution in [0.2, 0.25) is 0 Å². The number of urea groups is 1. The maximum Gasteiger partial charge on any atom is 0.319 e. The SMILES string of the molecule is CCCCCCNC(=O)Nc1cccc(C(=O)N2CCOCC2)c1. The molecule has 2 N–H and O–H groups in total. The van der Waals surface area contributed by atoms with Crippen molar-refractivity contribution < 1.29 is 14.3 Å². The Morgan fingerprint density at radius 2 is 1.96 bits per heavy atom. The van der Waals surface area contributed by atoms with E-state index in [2.05, 4.69) is 17.6 Å². The second-order valence-corrected chi connectivity index (χ2v) is 5.93. The zero-order chi connectivity index (χ0) is 17.2. The highest BCUT2D eigenvalue weighted by Gasteiger charge is 2.18. The molecule has 0 unspecified atom stereocenters. The lowest BCUT2D eigenvalue weighted by Gasteiger charge is -2.27. The van der Waals surface area contributed by atoms with E-state index in [0.717, 1.165) is 12.8 Å². The third kappa shape index (κ3) is 5.85. The number of carbonyl (C=O) groups excluding carboxylic acids is 2. The first-order chi connectivity index (χ1) is 11.7. The lowest BCUT2D eigenvalue weighted by atomic mass is 10.1. The number of unbranched alkanes of at least 4 members (excludes halogenated alkanes) is 3. The van der Waals surface area contributed by atoms with Crippen LogP contribution in [-0.4, -0.2) is 49.7 Å². The minimum Gasteiger partial charge on any atom is -0.378 e. The molecule has 1 saturated heterocycles.